The van der Waals surface area contributed by atoms with Gasteiger partial charge in [0.1, 0.15) is 6.61 Å². The van der Waals surface area contributed by atoms with Crippen molar-refractivity contribution >= 4 is 32.7 Å². The first-order valence-corrected chi connectivity index (χ1v) is 8.03. The summed E-state index contributed by atoms with van der Waals surface area (Å²) in [6.45, 7) is 7.74. The highest BCUT2D eigenvalue weighted by Gasteiger charge is 2.15. The van der Waals surface area contributed by atoms with E-state index < -0.39 is 0 Å². The van der Waals surface area contributed by atoms with Crippen LogP contribution < -0.4 is 5.32 Å². The van der Waals surface area contributed by atoms with Crippen LogP contribution in [-0.4, -0.2) is 23.1 Å². The van der Waals surface area contributed by atoms with Crippen LogP contribution in [-0.2, 0) is 9.53 Å². The maximum Gasteiger partial charge on any atom is 0.246 e. The maximum absolute atomic E-state index is 11.9. The molecule has 0 spiro atoms. The molecule has 0 aliphatic carbocycles. The lowest BCUT2D eigenvalue weighted by Gasteiger charge is -2.20. The number of carbonyl (C=O) groups excluding carboxylic acids is 1. The molecule has 0 aliphatic heterocycles. The molecule has 1 heterocycles. The van der Waals surface area contributed by atoms with Gasteiger partial charge in [-0.05, 0) is 45.9 Å². The molecule has 2 rings (SSSR count). The first-order valence-electron chi connectivity index (χ1n) is 7.24. The normalized spacial score (nSPS) is 13.1. The van der Waals surface area contributed by atoms with Gasteiger partial charge in [0.05, 0.1) is 22.9 Å². The van der Waals surface area contributed by atoms with E-state index in [0.29, 0.717) is 0 Å². The molecule has 22 heavy (non-hydrogen) atoms. The lowest BCUT2D eigenvalue weighted by atomic mass is 10.1. The van der Waals surface area contributed by atoms with Gasteiger partial charge in [0.2, 0.25) is 5.91 Å². The molecule has 0 aliphatic rings. The number of hydrogen-bond acceptors (Lipinski definition) is 3. The number of rotatable bonds is 4. The van der Waals surface area contributed by atoms with Crippen LogP contribution in [0, 0.1) is 0 Å². The molecule has 4 nitrogen and oxygen atoms in total. The lowest BCUT2D eigenvalue weighted by Crippen LogP contribution is -2.33. The Balaban J connectivity index is 2.06. The van der Waals surface area contributed by atoms with Crippen molar-refractivity contribution in [2.24, 2.45) is 0 Å². The van der Waals surface area contributed by atoms with Crippen LogP contribution in [0.2, 0.25) is 0 Å². The predicted octanol–water partition coefficient (Wildman–Crippen LogP) is 3.99. The number of nitrogens with zero attached hydrogens (tertiary/aromatic N) is 1. The fourth-order valence-corrected chi connectivity index (χ4v) is 2.34. The quantitative estimate of drug-likeness (QED) is 0.891. The number of fused-ring (bicyclic) bond motifs is 1. The fourth-order valence-electron chi connectivity index (χ4n) is 1.99. The van der Waals surface area contributed by atoms with Crippen molar-refractivity contribution in [3.05, 3.63) is 40.5 Å². The largest absolute Gasteiger partial charge is 0.366 e. The van der Waals surface area contributed by atoms with Crippen molar-refractivity contribution in [1.82, 2.24) is 10.3 Å². The van der Waals surface area contributed by atoms with E-state index in [9.17, 15) is 4.79 Å². The number of carbonyl (C=O) groups is 1. The minimum atomic E-state index is -0.325. The van der Waals surface area contributed by atoms with Crippen LogP contribution in [0.3, 0.4) is 0 Å². The number of halogens is 1. The van der Waals surface area contributed by atoms with Gasteiger partial charge < -0.3 is 10.1 Å². The molecule has 0 fully saturated rings. The molecule has 1 aromatic heterocycles. The molecule has 0 saturated carbocycles. The Kier molecular flexibility index (Phi) is 5.19. The van der Waals surface area contributed by atoms with Crippen molar-refractivity contribution in [2.45, 2.75) is 39.3 Å². The van der Waals surface area contributed by atoms with Gasteiger partial charge in [-0.2, -0.15) is 0 Å². The highest BCUT2D eigenvalue weighted by Crippen LogP contribution is 2.20. The van der Waals surface area contributed by atoms with Gasteiger partial charge in [0, 0.05) is 9.86 Å². The van der Waals surface area contributed by atoms with Crippen molar-refractivity contribution in [1.29, 1.82) is 0 Å². The van der Waals surface area contributed by atoms with E-state index in [1.807, 2.05) is 58.0 Å². The second kappa shape index (κ2) is 6.75. The summed E-state index contributed by atoms with van der Waals surface area (Å²) in [5.74, 6) is -0.140. The molecule has 1 amide bonds. The van der Waals surface area contributed by atoms with E-state index in [1.54, 1.807) is 0 Å². The Morgan fingerprint density at radius 2 is 2.00 bits per heavy atom. The van der Waals surface area contributed by atoms with E-state index >= 15 is 0 Å². The summed E-state index contributed by atoms with van der Waals surface area (Å²) >= 11 is 3.45. The Bertz CT molecular complexity index is 680. The SMILES string of the molecule is C[C@@H](NC(=O)COC(C)(C)C)c1ccc2ccc(Br)cc2n1. The number of aromatic nitrogens is 1. The van der Waals surface area contributed by atoms with E-state index in [-0.39, 0.29) is 24.2 Å². The Morgan fingerprint density at radius 3 is 2.68 bits per heavy atom. The van der Waals surface area contributed by atoms with Gasteiger partial charge in [-0.1, -0.05) is 28.1 Å². The third-order valence-electron chi connectivity index (χ3n) is 3.13. The third-order valence-corrected chi connectivity index (χ3v) is 3.63. The number of benzene rings is 1. The second-order valence-corrected chi connectivity index (χ2v) is 7.18. The molecule has 0 unspecified atom stereocenters. The smallest absolute Gasteiger partial charge is 0.246 e. The van der Waals surface area contributed by atoms with E-state index in [0.717, 1.165) is 21.1 Å². The second-order valence-electron chi connectivity index (χ2n) is 6.26. The minimum absolute atomic E-state index is 0.0486. The summed E-state index contributed by atoms with van der Waals surface area (Å²) in [5.41, 5.74) is 1.40. The summed E-state index contributed by atoms with van der Waals surface area (Å²) in [7, 11) is 0. The average molecular weight is 365 g/mol. The molecular weight excluding hydrogens is 344 g/mol. The minimum Gasteiger partial charge on any atom is -0.366 e. The fraction of sp³-hybridized carbons (Fsp3) is 0.412. The molecule has 2 aromatic rings. The molecule has 118 valence electrons. The number of hydrogen-bond donors (Lipinski definition) is 1. The molecule has 0 bridgehead atoms. The number of ether oxygens (including phenoxy) is 1. The highest BCUT2D eigenvalue weighted by atomic mass is 79.9. The van der Waals surface area contributed by atoms with Crippen molar-refractivity contribution in [3.8, 4) is 0 Å². The van der Waals surface area contributed by atoms with Gasteiger partial charge in [-0.25, -0.2) is 0 Å². The highest BCUT2D eigenvalue weighted by molar-refractivity contribution is 9.10. The summed E-state index contributed by atoms with van der Waals surface area (Å²) in [4.78, 5) is 16.5. The zero-order valence-electron chi connectivity index (χ0n) is 13.3. The summed E-state index contributed by atoms with van der Waals surface area (Å²) in [6.07, 6.45) is 0. The van der Waals surface area contributed by atoms with Gasteiger partial charge in [0.15, 0.2) is 0 Å². The maximum atomic E-state index is 11.9. The molecule has 0 saturated heterocycles. The van der Waals surface area contributed by atoms with Gasteiger partial charge in [-0.15, -0.1) is 0 Å². The monoisotopic (exact) mass is 364 g/mol. The van der Waals surface area contributed by atoms with Gasteiger partial charge in [-0.3, -0.25) is 9.78 Å². The lowest BCUT2D eigenvalue weighted by molar-refractivity contribution is -0.131. The van der Waals surface area contributed by atoms with Gasteiger partial charge in [0.25, 0.3) is 0 Å². The summed E-state index contributed by atoms with van der Waals surface area (Å²) in [5, 5.41) is 3.98. The van der Waals surface area contributed by atoms with Crippen LogP contribution in [0.1, 0.15) is 39.4 Å². The predicted molar refractivity (Wildman–Crippen MR) is 91.7 cm³/mol. The zero-order valence-corrected chi connectivity index (χ0v) is 14.9. The van der Waals surface area contributed by atoms with Crippen molar-refractivity contribution in [2.75, 3.05) is 6.61 Å². The van der Waals surface area contributed by atoms with E-state index in [1.165, 1.54) is 0 Å². The topological polar surface area (TPSA) is 51.2 Å². The third kappa shape index (κ3) is 4.78. The van der Waals surface area contributed by atoms with Crippen LogP contribution in [0.25, 0.3) is 10.9 Å². The Labute approximate surface area is 139 Å². The molecule has 5 heteroatoms. The molecule has 1 N–H and O–H groups in total. The number of nitrogens with one attached hydrogen (secondary N) is 1. The van der Waals surface area contributed by atoms with Crippen LogP contribution in [0.5, 0.6) is 0 Å². The summed E-state index contributed by atoms with van der Waals surface area (Å²) < 4.78 is 6.46. The molecule has 1 aromatic carbocycles. The van der Waals surface area contributed by atoms with Crippen LogP contribution in [0.4, 0.5) is 0 Å². The van der Waals surface area contributed by atoms with Crippen LogP contribution in [0.15, 0.2) is 34.8 Å². The number of pyridine rings is 1. The zero-order chi connectivity index (χ0) is 16.3. The first kappa shape index (κ1) is 16.9. The van der Waals surface area contributed by atoms with Crippen LogP contribution >= 0.6 is 15.9 Å². The van der Waals surface area contributed by atoms with Gasteiger partial charge >= 0.3 is 0 Å². The molecule has 1 atom stereocenters. The molecule has 0 radical (unpaired) electrons. The van der Waals surface area contributed by atoms with E-state index in [4.69, 9.17) is 4.74 Å². The standard InChI is InChI=1S/C17H21BrN2O2/c1-11(19-16(21)10-22-17(2,3)4)14-8-6-12-5-7-13(18)9-15(12)20-14/h5-9,11H,10H2,1-4H3,(H,19,21)/t11-/m1/s1. The number of amides is 1. The van der Waals surface area contributed by atoms with Crippen molar-refractivity contribution < 1.29 is 9.53 Å². The van der Waals surface area contributed by atoms with E-state index in [2.05, 4.69) is 26.2 Å². The average Bonchev–Trinajstić information content (AvgIpc) is 2.43. The summed E-state index contributed by atoms with van der Waals surface area (Å²) in [6, 6.07) is 9.75. The first-order chi connectivity index (χ1) is 10.2. The Morgan fingerprint density at radius 1 is 1.32 bits per heavy atom. The Hall–Kier alpha value is -1.46. The van der Waals surface area contributed by atoms with Crippen molar-refractivity contribution in [3.63, 3.8) is 0 Å². The molecular formula is C17H21BrN2O2.